The maximum atomic E-state index is 3.83. The summed E-state index contributed by atoms with van der Waals surface area (Å²) in [4.78, 5) is 2.67. The predicted octanol–water partition coefficient (Wildman–Crippen LogP) is 4.42. The molecule has 0 bridgehead atoms. The molecule has 0 saturated carbocycles. The first-order chi connectivity index (χ1) is 11.6. The lowest BCUT2D eigenvalue weighted by molar-refractivity contribution is 0.0294. The van der Waals surface area contributed by atoms with Crippen LogP contribution in [0.15, 0.2) is 60.7 Å². The van der Waals surface area contributed by atoms with E-state index in [1.165, 1.54) is 17.5 Å². The number of rotatable bonds is 5. The Morgan fingerprint density at radius 2 is 1.71 bits per heavy atom. The number of hydrogen-bond acceptors (Lipinski definition) is 2. The summed E-state index contributed by atoms with van der Waals surface area (Å²) in [5.41, 5.74) is 2.82. The molecule has 0 aromatic heterocycles. The summed E-state index contributed by atoms with van der Waals surface area (Å²) in [5, 5.41) is 3.83. The van der Waals surface area contributed by atoms with Gasteiger partial charge >= 0.3 is 0 Å². The molecule has 3 unspecified atom stereocenters. The molecule has 0 radical (unpaired) electrons. The van der Waals surface area contributed by atoms with Gasteiger partial charge in [-0.05, 0) is 24.0 Å². The van der Waals surface area contributed by atoms with Crippen LogP contribution in [0.3, 0.4) is 0 Å². The van der Waals surface area contributed by atoms with Gasteiger partial charge < -0.3 is 5.32 Å². The van der Waals surface area contributed by atoms with E-state index in [0.29, 0.717) is 12.0 Å². The minimum atomic E-state index is 0.0288. The van der Waals surface area contributed by atoms with E-state index < -0.39 is 0 Å². The minimum Gasteiger partial charge on any atom is -0.310 e. The van der Waals surface area contributed by atoms with E-state index in [9.17, 15) is 0 Å². The first-order valence-corrected chi connectivity index (χ1v) is 9.21. The highest BCUT2D eigenvalue weighted by atomic mass is 15.3. The summed E-state index contributed by atoms with van der Waals surface area (Å²) in [6, 6.07) is 22.4. The van der Waals surface area contributed by atoms with Crippen LogP contribution >= 0.6 is 0 Å². The van der Waals surface area contributed by atoms with E-state index in [2.05, 4.69) is 91.7 Å². The van der Waals surface area contributed by atoms with Crippen molar-refractivity contribution in [3.05, 3.63) is 71.8 Å². The molecule has 24 heavy (non-hydrogen) atoms. The largest absolute Gasteiger partial charge is 0.310 e. The molecular formula is C22H30N2. The van der Waals surface area contributed by atoms with Crippen LogP contribution in [0.5, 0.6) is 0 Å². The van der Waals surface area contributed by atoms with Crippen molar-refractivity contribution in [1.82, 2.24) is 10.2 Å². The highest BCUT2D eigenvalue weighted by Gasteiger charge is 2.39. The molecule has 1 heterocycles. The summed E-state index contributed by atoms with van der Waals surface area (Å²) < 4.78 is 0. The molecule has 1 N–H and O–H groups in total. The van der Waals surface area contributed by atoms with Crippen LogP contribution in [0, 0.1) is 5.92 Å². The number of benzene rings is 2. The lowest BCUT2D eigenvalue weighted by Gasteiger charge is -2.50. The standard InChI is InChI=1S/C22H30N2/c1-4-18(2)21-16-24(15-19-11-7-5-8-12-19)22(3,17-23-21)20-13-9-6-10-14-20/h5-14,18,21,23H,4,15-17H2,1-3H3. The van der Waals surface area contributed by atoms with Gasteiger partial charge in [-0.3, -0.25) is 4.90 Å². The average Bonchev–Trinajstić information content (AvgIpc) is 2.64. The maximum absolute atomic E-state index is 3.83. The highest BCUT2D eigenvalue weighted by Crippen LogP contribution is 2.33. The zero-order chi connectivity index (χ0) is 17.0. The van der Waals surface area contributed by atoms with Crippen molar-refractivity contribution in [2.75, 3.05) is 13.1 Å². The van der Waals surface area contributed by atoms with Gasteiger partial charge in [0, 0.05) is 25.7 Å². The Kier molecular flexibility index (Phi) is 5.37. The Morgan fingerprint density at radius 3 is 2.33 bits per heavy atom. The third-order valence-electron chi connectivity index (χ3n) is 5.77. The first-order valence-electron chi connectivity index (χ1n) is 9.21. The second-order valence-electron chi connectivity index (χ2n) is 7.38. The Balaban J connectivity index is 1.89. The molecule has 1 aliphatic heterocycles. The SMILES string of the molecule is CCC(C)C1CN(Cc2ccccc2)C(C)(c2ccccc2)CN1. The normalized spacial score (nSPS) is 26.2. The average molecular weight is 322 g/mol. The van der Waals surface area contributed by atoms with Crippen molar-refractivity contribution in [3.63, 3.8) is 0 Å². The van der Waals surface area contributed by atoms with E-state index in [4.69, 9.17) is 0 Å². The topological polar surface area (TPSA) is 15.3 Å². The maximum Gasteiger partial charge on any atom is 0.0561 e. The lowest BCUT2D eigenvalue weighted by atomic mass is 9.84. The monoisotopic (exact) mass is 322 g/mol. The third-order valence-corrected chi connectivity index (χ3v) is 5.77. The van der Waals surface area contributed by atoms with Crippen molar-refractivity contribution < 1.29 is 0 Å². The molecule has 3 rings (SSSR count). The van der Waals surface area contributed by atoms with E-state index >= 15 is 0 Å². The molecule has 2 nitrogen and oxygen atoms in total. The molecule has 3 atom stereocenters. The second-order valence-corrected chi connectivity index (χ2v) is 7.38. The van der Waals surface area contributed by atoms with E-state index in [0.717, 1.165) is 19.6 Å². The summed E-state index contributed by atoms with van der Waals surface area (Å²) in [7, 11) is 0. The summed E-state index contributed by atoms with van der Waals surface area (Å²) in [6.45, 7) is 10.1. The predicted molar refractivity (Wildman–Crippen MR) is 102 cm³/mol. The van der Waals surface area contributed by atoms with Crippen molar-refractivity contribution in [3.8, 4) is 0 Å². The van der Waals surface area contributed by atoms with E-state index in [1.807, 2.05) is 0 Å². The number of piperazine rings is 1. The summed E-state index contributed by atoms with van der Waals surface area (Å²) in [6.07, 6.45) is 1.22. The van der Waals surface area contributed by atoms with Crippen molar-refractivity contribution in [2.24, 2.45) is 5.92 Å². The smallest absolute Gasteiger partial charge is 0.0561 e. The van der Waals surface area contributed by atoms with Gasteiger partial charge in [-0.1, -0.05) is 80.9 Å². The fraction of sp³-hybridized carbons (Fsp3) is 0.455. The van der Waals surface area contributed by atoms with Crippen LogP contribution in [0.25, 0.3) is 0 Å². The van der Waals surface area contributed by atoms with Crippen molar-refractivity contribution >= 4 is 0 Å². The van der Waals surface area contributed by atoms with Gasteiger partial charge in [-0.2, -0.15) is 0 Å². The fourth-order valence-electron chi connectivity index (χ4n) is 3.74. The summed E-state index contributed by atoms with van der Waals surface area (Å²) in [5.74, 6) is 0.698. The van der Waals surface area contributed by atoms with E-state index in [1.54, 1.807) is 0 Å². The summed E-state index contributed by atoms with van der Waals surface area (Å²) >= 11 is 0. The number of nitrogens with zero attached hydrogens (tertiary/aromatic N) is 1. The molecule has 2 aromatic carbocycles. The van der Waals surface area contributed by atoms with Crippen LogP contribution < -0.4 is 5.32 Å². The first kappa shape index (κ1) is 17.2. The zero-order valence-electron chi connectivity index (χ0n) is 15.2. The fourth-order valence-corrected chi connectivity index (χ4v) is 3.74. The zero-order valence-corrected chi connectivity index (χ0v) is 15.2. The highest BCUT2D eigenvalue weighted by molar-refractivity contribution is 5.26. The van der Waals surface area contributed by atoms with E-state index in [-0.39, 0.29) is 5.54 Å². The Morgan fingerprint density at radius 1 is 1.08 bits per heavy atom. The second kappa shape index (κ2) is 7.50. The van der Waals surface area contributed by atoms with Crippen LogP contribution in [0.1, 0.15) is 38.3 Å². The van der Waals surface area contributed by atoms with Gasteiger partial charge in [0.1, 0.15) is 0 Å². The van der Waals surface area contributed by atoms with Crippen LogP contribution in [0.4, 0.5) is 0 Å². The van der Waals surface area contributed by atoms with Gasteiger partial charge in [0.25, 0.3) is 0 Å². The third kappa shape index (κ3) is 3.55. The molecule has 1 aliphatic rings. The lowest BCUT2D eigenvalue weighted by Crippen LogP contribution is -2.62. The van der Waals surface area contributed by atoms with Crippen molar-refractivity contribution in [2.45, 2.75) is 45.3 Å². The van der Waals surface area contributed by atoms with Gasteiger partial charge in [0.2, 0.25) is 0 Å². The van der Waals surface area contributed by atoms with Gasteiger partial charge in [0.15, 0.2) is 0 Å². The number of nitrogens with one attached hydrogen (secondary N) is 1. The Labute approximate surface area is 146 Å². The Hall–Kier alpha value is -1.64. The van der Waals surface area contributed by atoms with Crippen molar-refractivity contribution in [1.29, 1.82) is 0 Å². The molecule has 2 heteroatoms. The molecule has 2 aromatic rings. The van der Waals surface area contributed by atoms with Crippen LogP contribution in [-0.2, 0) is 12.1 Å². The van der Waals surface area contributed by atoms with Gasteiger partial charge in [0.05, 0.1) is 5.54 Å². The van der Waals surface area contributed by atoms with Gasteiger partial charge in [-0.25, -0.2) is 0 Å². The van der Waals surface area contributed by atoms with Crippen LogP contribution in [0.2, 0.25) is 0 Å². The molecule has 1 saturated heterocycles. The number of hydrogen-bond donors (Lipinski definition) is 1. The molecule has 0 spiro atoms. The molecule has 1 fully saturated rings. The van der Waals surface area contributed by atoms with Gasteiger partial charge in [-0.15, -0.1) is 0 Å². The quantitative estimate of drug-likeness (QED) is 0.876. The molecule has 0 amide bonds. The molecular weight excluding hydrogens is 292 g/mol. The van der Waals surface area contributed by atoms with Crippen LogP contribution in [-0.4, -0.2) is 24.0 Å². The molecule has 128 valence electrons. The Bertz CT molecular complexity index is 625. The minimum absolute atomic E-state index is 0.0288. The molecule has 0 aliphatic carbocycles.